The molecule has 35 heavy (non-hydrogen) atoms. The summed E-state index contributed by atoms with van der Waals surface area (Å²) < 4.78 is 10.5. The number of rotatable bonds is 3. The Morgan fingerprint density at radius 1 is 0.629 bits per heavy atom. The predicted molar refractivity (Wildman–Crippen MR) is 123 cm³/mol. The van der Waals surface area contributed by atoms with Crippen LogP contribution in [0.3, 0.4) is 0 Å². The largest absolute Gasteiger partial charge is 0.507 e. The average Bonchev–Trinajstić information content (AvgIpc) is 2.84. The van der Waals surface area contributed by atoms with Gasteiger partial charge >= 0.3 is 11.3 Å². The van der Waals surface area contributed by atoms with Crippen LogP contribution in [0.4, 0.5) is 0 Å². The highest BCUT2D eigenvalue weighted by Crippen LogP contribution is 2.48. The van der Waals surface area contributed by atoms with Crippen molar-refractivity contribution in [2.45, 2.75) is 38.0 Å². The van der Waals surface area contributed by atoms with Crippen LogP contribution in [0.1, 0.15) is 49.1 Å². The van der Waals surface area contributed by atoms with Crippen LogP contribution in [0.2, 0.25) is 0 Å². The highest BCUT2D eigenvalue weighted by Gasteiger charge is 2.37. The van der Waals surface area contributed by atoms with E-state index in [1.54, 1.807) is 0 Å². The molecule has 0 unspecified atom stereocenters. The van der Waals surface area contributed by atoms with E-state index < -0.39 is 62.8 Å². The maximum absolute atomic E-state index is 13.2. The van der Waals surface area contributed by atoms with Gasteiger partial charge in [0.05, 0.1) is 21.9 Å². The normalized spacial score (nSPS) is 14.8. The van der Waals surface area contributed by atoms with Crippen molar-refractivity contribution in [3.05, 3.63) is 56.2 Å². The second-order valence-electron chi connectivity index (χ2n) is 8.80. The molecule has 5 rings (SSSR count). The van der Waals surface area contributed by atoms with Crippen LogP contribution in [0.5, 0.6) is 34.5 Å². The van der Waals surface area contributed by atoms with Gasteiger partial charge in [0, 0.05) is 5.92 Å². The van der Waals surface area contributed by atoms with E-state index in [0.717, 1.165) is 31.4 Å². The fourth-order valence-electron chi connectivity index (χ4n) is 5.11. The SMILES string of the molecule is O=c1oc2c(O)c(O)ccc2c(O)c1C(c1c(O)c2ccc(O)c(O)c2oc1=O)C1CCCCC1. The number of hydrogen-bond acceptors (Lipinski definition) is 10. The van der Waals surface area contributed by atoms with Gasteiger partial charge in [0.25, 0.3) is 0 Å². The van der Waals surface area contributed by atoms with Crippen molar-refractivity contribution in [1.29, 1.82) is 0 Å². The number of fused-ring (bicyclic) bond motifs is 2. The Morgan fingerprint density at radius 3 is 1.49 bits per heavy atom. The molecular formula is C25H22O10. The molecule has 0 amide bonds. The molecule has 4 aromatic rings. The molecule has 2 aromatic heterocycles. The van der Waals surface area contributed by atoms with Crippen molar-refractivity contribution in [1.82, 2.24) is 0 Å². The van der Waals surface area contributed by atoms with Crippen molar-refractivity contribution in [2.24, 2.45) is 5.92 Å². The highest BCUT2D eigenvalue weighted by molar-refractivity contribution is 5.92. The molecule has 2 heterocycles. The molecule has 0 aliphatic heterocycles. The Hall–Kier alpha value is -4.34. The molecule has 0 atom stereocenters. The molecule has 182 valence electrons. The topological polar surface area (TPSA) is 182 Å². The van der Waals surface area contributed by atoms with Gasteiger partial charge < -0.3 is 39.5 Å². The third-order valence-corrected chi connectivity index (χ3v) is 6.81. The van der Waals surface area contributed by atoms with E-state index in [1.807, 2.05) is 0 Å². The molecule has 0 radical (unpaired) electrons. The summed E-state index contributed by atoms with van der Waals surface area (Å²) in [6.45, 7) is 0. The van der Waals surface area contributed by atoms with Crippen molar-refractivity contribution >= 4 is 21.9 Å². The number of aromatic hydroxyl groups is 6. The van der Waals surface area contributed by atoms with Gasteiger partial charge in [-0.2, -0.15) is 0 Å². The lowest BCUT2D eigenvalue weighted by Crippen LogP contribution is -2.27. The van der Waals surface area contributed by atoms with Crippen LogP contribution in [0, 0.1) is 5.92 Å². The Morgan fingerprint density at radius 2 is 1.06 bits per heavy atom. The van der Waals surface area contributed by atoms with Crippen molar-refractivity contribution < 1.29 is 39.5 Å². The molecule has 1 aliphatic carbocycles. The molecule has 1 aliphatic rings. The fraction of sp³-hybridized carbons (Fsp3) is 0.280. The van der Waals surface area contributed by atoms with Gasteiger partial charge in [0.1, 0.15) is 11.5 Å². The Bertz CT molecular complexity index is 1480. The average molecular weight is 482 g/mol. The first-order valence-corrected chi connectivity index (χ1v) is 11.1. The molecule has 0 bridgehead atoms. The van der Waals surface area contributed by atoms with E-state index in [4.69, 9.17) is 8.83 Å². The summed E-state index contributed by atoms with van der Waals surface area (Å²) in [5.41, 5.74) is -3.54. The molecular weight excluding hydrogens is 460 g/mol. The summed E-state index contributed by atoms with van der Waals surface area (Å²) in [5.74, 6) is -5.15. The van der Waals surface area contributed by atoms with E-state index in [1.165, 1.54) is 12.1 Å². The minimum Gasteiger partial charge on any atom is -0.507 e. The van der Waals surface area contributed by atoms with Crippen molar-refractivity contribution in [2.75, 3.05) is 0 Å². The maximum atomic E-state index is 13.2. The minimum absolute atomic E-state index is 0.0667. The van der Waals surface area contributed by atoms with Crippen molar-refractivity contribution in [3.63, 3.8) is 0 Å². The Kier molecular flexibility index (Phi) is 5.23. The molecule has 6 N–H and O–H groups in total. The monoisotopic (exact) mass is 482 g/mol. The zero-order valence-electron chi connectivity index (χ0n) is 18.3. The van der Waals surface area contributed by atoms with Crippen molar-refractivity contribution in [3.8, 4) is 34.5 Å². The van der Waals surface area contributed by atoms with Crippen LogP contribution in [-0.2, 0) is 0 Å². The standard InChI is InChI=1S/C25H22O10/c26-13-8-6-11-18(28)16(24(32)34-22(11)20(13)30)15(10-4-2-1-3-5-10)17-19(29)12-7-9-14(27)21(31)23(12)35-25(17)33/h6-10,15,26-31H,1-5H2. The van der Waals surface area contributed by atoms with Crippen LogP contribution >= 0.6 is 0 Å². The third-order valence-electron chi connectivity index (χ3n) is 6.81. The molecule has 10 heteroatoms. The molecule has 10 nitrogen and oxygen atoms in total. The molecule has 0 spiro atoms. The summed E-state index contributed by atoms with van der Waals surface area (Å²) >= 11 is 0. The van der Waals surface area contributed by atoms with E-state index in [0.29, 0.717) is 12.8 Å². The van der Waals surface area contributed by atoms with E-state index in [-0.39, 0.29) is 27.8 Å². The fourth-order valence-corrected chi connectivity index (χ4v) is 5.11. The minimum atomic E-state index is -1.14. The second-order valence-corrected chi connectivity index (χ2v) is 8.80. The van der Waals surface area contributed by atoms with E-state index in [9.17, 15) is 40.2 Å². The summed E-state index contributed by atoms with van der Waals surface area (Å²) in [6.07, 6.45) is 3.70. The third kappa shape index (κ3) is 3.40. The molecule has 1 saturated carbocycles. The zero-order valence-corrected chi connectivity index (χ0v) is 18.3. The van der Waals surface area contributed by atoms with Gasteiger partial charge in [-0.3, -0.25) is 0 Å². The lowest BCUT2D eigenvalue weighted by Gasteiger charge is -2.30. The van der Waals surface area contributed by atoms with Gasteiger partial charge in [-0.1, -0.05) is 19.3 Å². The molecule has 2 aromatic carbocycles. The summed E-state index contributed by atoms with van der Waals surface area (Å²) in [5, 5.41) is 61.9. The van der Waals surface area contributed by atoms with Crippen LogP contribution in [-0.4, -0.2) is 30.6 Å². The first-order chi connectivity index (χ1) is 16.7. The van der Waals surface area contributed by atoms with Gasteiger partial charge in [-0.05, 0) is 43.0 Å². The highest BCUT2D eigenvalue weighted by atomic mass is 16.4. The summed E-state index contributed by atoms with van der Waals surface area (Å²) in [7, 11) is 0. The molecule has 1 fully saturated rings. The first kappa shape index (κ1) is 22.5. The summed E-state index contributed by atoms with van der Waals surface area (Å²) in [4.78, 5) is 26.3. The lowest BCUT2D eigenvalue weighted by atomic mass is 9.73. The number of phenols is 4. The quantitative estimate of drug-likeness (QED) is 0.185. The van der Waals surface area contributed by atoms with Gasteiger partial charge in [-0.25, -0.2) is 9.59 Å². The lowest BCUT2D eigenvalue weighted by molar-refractivity contribution is 0.306. The number of phenolic OH excluding ortho intramolecular Hbond substituents is 4. The Balaban J connectivity index is 1.85. The number of benzene rings is 2. The maximum Gasteiger partial charge on any atom is 0.344 e. The smallest absolute Gasteiger partial charge is 0.344 e. The predicted octanol–water partition coefficient (Wildman–Crippen LogP) is 3.85. The van der Waals surface area contributed by atoms with Crippen LogP contribution in [0.25, 0.3) is 21.9 Å². The summed E-state index contributed by atoms with van der Waals surface area (Å²) in [6, 6.07) is 4.75. The zero-order chi connectivity index (χ0) is 25.0. The van der Waals surface area contributed by atoms with Crippen LogP contribution < -0.4 is 11.3 Å². The first-order valence-electron chi connectivity index (χ1n) is 11.1. The second kappa shape index (κ2) is 8.15. The van der Waals surface area contributed by atoms with E-state index in [2.05, 4.69) is 0 Å². The Labute approximate surface area is 196 Å². The van der Waals surface area contributed by atoms with Gasteiger partial charge in [0.15, 0.2) is 22.7 Å². The van der Waals surface area contributed by atoms with E-state index >= 15 is 0 Å². The van der Waals surface area contributed by atoms with Gasteiger partial charge in [-0.15, -0.1) is 0 Å². The van der Waals surface area contributed by atoms with Crippen LogP contribution in [0.15, 0.2) is 42.7 Å². The molecule has 0 saturated heterocycles. The van der Waals surface area contributed by atoms with Gasteiger partial charge in [0.2, 0.25) is 11.5 Å². The number of hydrogen-bond donors (Lipinski definition) is 6.